The molecule has 1 aromatic carbocycles. The molecular formula is C10H10N2O3. The van der Waals surface area contributed by atoms with Gasteiger partial charge in [0.05, 0.1) is 6.61 Å². The summed E-state index contributed by atoms with van der Waals surface area (Å²) < 4.78 is 5.32. The monoisotopic (exact) mass is 206 g/mol. The lowest BCUT2D eigenvalue weighted by Crippen LogP contribution is -2.14. The van der Waals surface area contributed by atoms with Gasteiger partial charge in [-0.25, -0.2) is 0 Å². The Kier molecular flexibility index (Phi) is 2.62. The highest BCUT2D eigenvalue weighted by molar-refractivity contribution is 5.92. The van der Waals surface area contributed by atoms with E-state index in [-0.39, 0.29) is 6.54 Å². The highest BCUT2D eigenvalue weighted by atomic mass is 16.5. The Morgan fingerprint density at radius 1 is 1.53 bits per heavy atom. The number of nitrogens with one attached hydrogen (secondary N) is 1. The smallest absolute Gasteiger partial charge is 0.249 e. The normalized spacial score (nSPS) is 12.8. The Balaban J connectivity index is 2.10. The van der Waals surface area contributed by atoms with E-state index in [2.05, 4.69) is 10.5 Å². The molecule has 0 saturated carbocycles. The van der Waals surface area contributed by atoms with Crippen LogP contribution in [0.25, 0.3) is 0 Å². The first kappa shape index (κ1) is 9.64. The molecule has 0 aromatic heterocycles. The van der Waals surface area contributed by atoms with Crippen LogP contribution < -0.4 is 10.1 Å². The number of hydrogen-bond acceptors (Lipinski definition) is 4. The average molecular weight is 206 g/mol. The van der Waals surface area contributed by atoms with Gasteiger partial charge in [0, 0.05) is 12.1 Å². The minimum atomic E-state index is -0.399. The lowest BCUT2D eigenvalue weighted by Gasteiger charge is -2.04. The number of nitroso groups, excluding NO2 is 1. The summed E-state index contributed by atoms with van der Waals surface area (Å²) in [7, 11) is 0. The maximum Gasteiger partial charge on any atom is 0.249 e. The Hall–Kier alpha value is -1.91. The molecule has 0 saturated heterocycles. The van der Waals surface area contributed by atoms with Crippen LogP contribution in [0.5, 0.6) is 5.75 Å². The summed E-state index contributed by atoms with van der Waals surface area (Å²) >= 11 is 0. The molecule has 5 nitrogen and oxygen atoms in total. The molecule has 78 valence electrons. The molecule has 1 heterocycles. The van der Waals surface area contributed by atoms with Crippen molar-refractivity contribution in [2.24, 2.45) is 5.18 Å². The molecule has 0 unspecified atom stereocenters. The summed E-state index contributed by atoms with van der Waals surface area (Å²) in [5, 5.41) is 5.10. The lowest BCUT2D eigenvalue weighted by atomic mass is 10.1. The van der Waals surface area contributed by atoms with Gasteiger partial charge >= 0.3 is 0 Å². The zero-order valence-electron chi connectivity index (χ0n) is 8.03. The standard InChI is InChI=1S/C10H10N2O3/c13-10(6-11-14)12-8-1-2-9-7(5-8)3-4-15-9/h1-2,5H,3-4,6H2,(H,12,13). The summed E-state index contributed by atoms with van der Waals surface area (Å²) in [6.45, 7) is 0.330. The first-order chi connectivity index (χ1) is 7.29. The molecule has 1 N–H and O–H groups in total. The molecule has 0 radical (unpaired) electrons. The second kappa shape index (κ2) is 4.08. The molecule has 2 rings (SSSR count). The van der Waals surface area contributed by atoms with Crippen LogP contribution in [0.3, 0.4) is 0 Å². The number of ether oxygens (including phenoxy) is 1. The maximum atomic E-state index is 11.1. The predicted molar refractivity (Wildman–Crippen MR) is 54.9 cm³/mol. The van der Waals surface area contributed by atoms with Crippen LogP contribution in [0.1, 0.15) is 5.56 Å². The summed E-state index contributed by atoms with van der Waals surface area (Å²) in [5.74, 6) is 0.463. The van der Waals surface area contributed by atoms with Crippen molar-refractivity contribution in [3.63, 3.8) is 0 Å². The second-order valence-electron chi connectivity index (χ2n) is 3.26. The largest absolute Gasteiger partial charge is 0.493 e. The number of benzene rings is 1. The second-order valence-corrected chi connectivity index (χ2v) is 3.26. The molecule has 0 spiro atoms. The van der Waals surface area contributed by atoms with Crippen molar-refractivity contribution in [3.8, 4) is 5.75 Å². The van der Waals surface area contributed by atoms with E-state index in [0.29, 0.717) is 12.3 Å². The van der Waals surface area contributed by atoms with Gasteiger partial charge < -0.3 is 10.1 Å². The van der Waals surface area contributed by atoms with Crippen molar-refractivity contribution in [2.45, 2.75) is 6.42 Å². The van der Waals surface area contributed by atoms with E-state index in [1.54, 1.807) is 6.07 Å². The zero-order valence-corrected chi connectivity index (χ0v) is 8.03. The van der Waals surface area contributed by atoms with Gasteiger partial charge in [0.15, 0.2) is 6.54 Å². The van der Waals surface area contributed by atoms with E-state index in [1.165, 1.54) is 0 Å². The van der Waals surface area contributed by atoms with Crippen molar-refractivity contribution < 1.29 is 9.53 Å². The fourth-order valence-electron chi connectivity index (χ4n) is 1.52. The number of nitrogens with zero attached hydrogens (tertiary/aromatic N) is 1. The van der Waals surface area contributed by atoms with Crippen LogP contribution in [0.4, 0.5) is 5.69 Å². The van der Waals surface area contributed by atoms with Gasteiger partial charge in [-0.15, -0.1) is 0 Å². The molecule has 1 aliphatic heterocycles. The van der Waals surface area contributed by atoms with Crippen molar-refractivity contribution in [1.29, 1.82) is 0 Å². The molecule has 0 atom stereocenters. The van der Waals surface area contributed by atoms with Crippen molar-refractivity contribution >= 4 is 11.6 Å². The van der Waals surface area contributed by atoms with Gasteiger partial charge in [0.2, 0.25) is 5.91 Å². The Labute approximate surface area is 86.4 Å². The number of anilines is 1. The van der Waals surface area contributed by atoms with E-state index in [9.17, 15) is 9.70 Å². The van der Waals surface area contributed by atoms with Crippen LogP contribution in [-0.2, 0) is 11.2 Å². The van der Waals surface area contributed by atoms with E-state index in [0.717, 1.165) is 17.7 Å². The van der Waals surface area contributed by atoms with Crippen molar-refractivity contribution in [3.05, 3.63) is 28.7 Å². The van der Waals surface area contributed by atoms with Crippen LogP contribution >= 0.6 is 0 Å². The van der Waals surface area contributed by atoms with Crippen LogP contribution in [0, 0.1) is 4.91 Å². The molecule has 0 bridgehead atoms. The van der Waals surface area contributed by atoms with E-state index >= 15 is 0 Å². The molecule has 1 aromatic rings. The molecule has 5 heteroatoms. The quantitative estimate of drug-likeness (QED) is 0.758. The third kappa shape index (κ3) is 2.12. The van der Waals surface area contributed by atoms with Gasteiger partial charge in [-0.2, -0.15) is 4.91 Å². The third-order valence-corrected chi connectivity index (χ3v) is 2.18. The van der Waals surface area contributed by atoms with Gasteiger partial charge in [0.1, 0.15) is 5.75 Å². The summed E-state index contributed by atoms with van der Waals surface area (Å²) in [4.78, 5) is 20.9. The highest BCUT2D eigenvalue weighted by Gasteiger charge is 2.12. The predicted octanol–water partition coefficient (Wildman–Crippen LogP) is 1.33. The summed E-state index contributed by atoms with van der Waals surface area (Å²) in [6.07, 6.45) is 0.852. The fraction of sp³-hybridized carbons (Fsp3) is 0.300. The minimum absolute atomic E-state index is 0.354. The summed E-state index contributed by atoms with van der Waals surface area (Å²) in [5.41, 5.74) is 1.75. The van der Waals surface area contributed by atoms with E-state index in [4.69, 9.17) is 4.74 Å². The molecular weight excluding hydrogens is 196 g/mol. The molecule has 15 heavy (non-hydrogen) atoms. The van der Waals surface area contributed by atoms with Gasteiger partial charge in [-0.3, -0.25) is 4.79 Å². The van der Waals surface area contributed by atoms with Crippen LogP contribution in [0.2, 0.25) is 0 Å². The van der Waals surface area contributed by atoms with E-state index < -0.39 is 5.91 Å². The van der Waals surface area contributed by atoms with Crippen molar-refractivity contribution in [2.75, 3.05) is 18.5 Å². The number of carbonyl (C=O) groups excluding carboxylic acids is 1. The third-order valence-electron chi connectivity index (χ3n) is 2.18. The van der Waals surface area contributed by atoms with Crippen molar-refractivity contribution in [1.82, 2.24) is 0 Å². The number of carbonyl (C=O) groups is 1. The molecule has 0 aliphatic carbocycles. The fourth-order valence-corrected chi connectivity index (χ4v) is 1.52. The topological polar surface area (TPSA) is 67.8 Å². The molecule has 1 aliphatic rings. The molecule has 1 amide bonds. The average Bonchev–Trinajstić information content (AvgIpc) is 2.65. The lowest BCUT2D eigenvalue weighted by molar-refractivity contribution is -0.114. The van der Waals surface area contributed by atoms with E-state index in [1.807, 2.05) is 12.1 Å². The Morgan fingerprint density at radius 3 is 3.20 bits per heavy atom. The van der Waals surface area contributed by atoms with Gasteiger partial charge in [0.25, 0.3) is 0 Å². The van der Waals surface area contributed by atoms with Crippen LogP contribution in [0.15, 0.2) is 23.4 Å². The first-order valence-corrected chi connectivity index (χ1v) is 4.64. The van der Waals surface area contributed by atoms with Gasteiger partial charge in [-0.1, -0.05) is 5.18 Å². The van der Waals surface area contributed by atoms with Gasteiger partial charge in [-0.05, 0) is 23.8 Å². The first-order valence-electron chi connectivity index (χ1n) is 4.64. The highest BCUT2D eigenvalue weighted by Crippen LogP contribution is 2.27. The van der Waals surface area contributed by atoms with Crippen LogP contribution in [-0.4, -0.2) is 19.1 Å². The SMILES string of the molecule is O=NCC(=O)Nc1ccc2c(c1)CCO2. The number of amides is 1. The number of rotatable bonds is 3. The zero-order chi connectivity index (χ0) is 10.7. The minimum Gasteiger partial charge on any atom is -0.493 e. The maximum absolute atomic E-state index is 11.1. The number of hydrogen-bond donors (Lipinski definition) is 1. The Bertz CT molecular complexity index is 404. The molecule has 0 fully saturated rings. The summed E-state index contributed by atoms with van der Waals surface area (Å²) in [6, 6.07) is 5.41. The number of fused-ring (bicyclic) bond motifs is 1. The Morgan fingerprint density at radius 2 is 2.40 bits per heavy atom.